The first-order valence-corrected chi connectivity index (χ1v) is 3.95. The predicted octanol–water partition coefficient (Wildman–Crippen LogP) is -2.57. The molecule has 4 N–H and O–H groups in total. The van der Waals surface area contributed by atoms with Gasteiger partial charge in [-0.1, -0.05) is 0 Å². The van der Waals surface area contributed by atoms with Crippen molar-refractivity contribution in [3.63, 3.8) is 0 Å². The fraction of sp³-hybridized carbons (Fsp3) is 1.00. The van der Waals surface area contributed by atoms with Crippen LogP contribution in [0.3, 0.4) is 0 Å². The van der Waals surface area contributed by atoms with E-state index in [2.05, 4.69) is 0 Å². The molecule has 0 bridgehead atoms. The molecule has 0 amide bonds. The van der Waals surface area contributed by atoms with Crippen LogP contribution >= 0.6 is 0 Å². The quantitative estimate of drug-likeness (QED) is 0.394. The molecule has 0 aromatic rings. The lowest BCUT2D eigenvalue weighted by atomic mass is 10.1. The first-order chi connectivity index (χ1) is 6.11. The van der Waals surface area contributed by atoms with Crippen molar-refractivity contribution in [2.45, 2.75) is 30.7 Å². The number of aliphatic hydroxyl groups is 4. The Bertz CT molecular complexity index is 163. The van der Waals surface area contributed by atoms with E-state index in [1.54, 1.807) is 0 Å². The van der Waals surface area contributed by atoms with Crippen molar-refractivity contribution >= 4 is 0 Å². The third kappa shape index (κ3) is 1.98. The SMILES string of the molecule is CO[C@H]1C(O)O[C@@H]([C@H](O)CO)[C@@H]1O. The van der Waals surface area contributed by atoms with Gasteiger partial charge in [0.2, 0.25) is 0 Å². The molecular formula is C7H14O6. The molecule has 1 rings (SSSR count). The number of hydrogen-bond donors (Lipinski definition) is 4. The molecule has 6 nitrogen and oxygen atoms in total. The summed E-state index contributed by atoms with van der Waals surface area (Å²) in [6.45, 7) is -0.537. The minimum absolute atomic E-state index is 0.537. The van der Waals surface area contributed by atoms with Crippen LogP contribution in [0.2, 0.25) is 0 Å². The summed E-state index contributed by atoms with van der Waals surface area (Å²) in [5.41, 5.74) is 0. The highest BCUT2D eigenvalue weighted by Gasteiger charge is 2.46. The van der Waals surface area contributed by atoms with E-state index in [4.69, 9.17) is 19.7 Å². The fourth-order valence-corrected chi connectivity index (χ4v) is 1.35. The highest BCUT2D eigenvalue weighted by molar-refractivity contribution is 4.90. The normalized spacial score (nSPS) is 42.2. The van der Waals surface area contributed by atoms with Gasteiger partial charge in [-0.3, -0.25) is 0 Å². The topological polar surface area (TPSA) is 99.4 Å². The predicted molar refractivity (Wildman–Crippen MR) is 40.8 cm³/mol. The Morgan fingerprint density at radius 3 is 2.46 bits per heavy atom. The smallest absolute Gasteiger partial charge is 0.184 e. The molecular weight excluding hydrogens is 180 g/mol. The van der Waals surface area contributed by atoms with Crippen LogP contribution in [0.5, 0.6) is 0 Å². The van der Waals surface area contributed by atoms with Crippen LogP contribution in [0, 0.1) is 0 Å². The molecule has 0 radical (unpaired) electrons. The molecule has 0 aliphatic carbocycles. The summed E-state index contributed by atoms with van der Waals surface area (Å²) in [7, 11) is 1.31. The molecule has 1 fully saturated rings. The van der Waals surface area contributed by atoms with E-state index in [9.17, 15) is 10.2 Å². The van der Waals surface area contributed by atoms with E-state index in [1.807, 2.05) is 0 Å². The molecule has 1 unspecified atom stereocenters. The fourth-order valence-electron chi connectivity index (χ4n) is 1.35. The third-order valence-corrected chi connectivity index (χ3v) is 2.09. The van der Waals surface area contributed by atoms with Gasteiger partial charge in [-0.15, -0.1) is 0 Å². The maximum absolute atomic E-state index is 9.44. The van der Waals surface area contributed by atoms with Crippen LogP contribution in [-0.4, -0.2) is 64.8 Å². The summed E-state index contributed by atoms with van der Waals surface area (Å²) >= 11 is 0. The van der Waals surface area contributed by atoms with Gasteiger partial charge in [-0.25, -0.2) is 0 Å². The number of aliphatic hydroxyl groups excluding tert-OH is 4. The van der Waals surface area contributed by atoms with Crippen LogP contribution in [0.1, 0.15) is 0 Å². The second-order valence-electron chi connectivity index (χ2n) is 2.93. The lowest BCUT2D eigenvalue weighted by Crippen LogP contribution is -2.41. The van der Waals surface area contributed by atoms with Crippen molar-refractivity contribution < 1.29 is 29.9 Å². The Morgan fingerprint density at radius 1 is 1.46 bits per heavy atom. The van der Waals surface area contributed by atoms with E-state index in [0.717, 1.165) is 0 Å². The molecule has 0 aromatic carbocycles. The van der Waals surface area contributed by atoms with Gasteiger partial charge in [0.05, 0.1) is 6.61 Å². The summed E-state index contributed by atoms with van der Waals surface area (Å²) < 4.78 is 9.54. The monoisotopic (exact) mass is 194 g/mol. The van der Waals surface area contributed by atoms with Gasteiger partial charge in [0, 0.05) is 7.11 Å². The van der Waals surface area contributed by atoms with Crippen molar-refractivity contribution in [3.05, 3.63) is 0 Å². The molecule has 0 saturated carbocycles. The first-order valence-electron chi connectivity index (χ1n) is 3.95. The Kier molecular flexibility index (Phi) is 3.60. The highest BCUT2D eigenvalue weighted by atomic mass is 16.7. The first kappa shape index (κ1) is 10.8. The number of hydrogen-bond acceptors (Lipinski definition) is 6. The maximum atomic E-state index is 9.44. The van der Waals surface area contributed by atoms with E-state index >= 15 is 0 Å². The zero-order valence-electron chi connectivity index (χ0n) is 7.20. The van der Waals surface area contributed by atoms with Crippen LogP contribution in [-0.2, 0) is 9.47 Å². The van der Waals surface area contributed by atoms with Crippen molar-refractivity contribution in [3.8, 4) is 0 Å². The minimum atomic E-state index is -1.27. The number of methoxy groups -OCH3 is 1. The summed E-state index contributed by atoms with van der Waals surface area (Å²) in [6, 6.07) is 0. The van der Waals surface area contributed by atoms with Crippen molar-refractivity contribution in [2.24, 2.45) is 0 Å². The van der Waals surface area contributed by atoms with Gasteiger partial charge < -0.3 is 29.9 Å². The lowest BCUT2D eigenvalue weighted by molar-refractivity contribution is -0.154. The zero-order valence-corrected chi connectivity index (χ0v) is 7.20. The average Bonchev–Trinajstić information content (AvgIpc) is 2.40. The second kappa shape index (κ2) is 4.32. The Labute approximate surface area is 75.3 Å². The van der Waals surface area contributed by atoms with Crippen LogP contribution in [0.15, 0.2) is 0 Å². The Balaban J connectivity index is 2.61. The van der Waals surface area contributed by atoms with Gasteiger partial charge >= 0.3 is 0 Å². The molecule has 13 heavy (non-hydrogen) atoms. The van der Waals surface area contributed by atoms with Gasteiger partial charge in [0.25, 0.3) is 0 Å². The summed E-state index contributed by atoms with van der Waals surface area (Å²) in [5, 5.41) is 36.4. The average molecular weight is 194 g/mol. The number of rotatable bonds is 3. The van der Waals surface area contributed by atoms with E-state index in [-0.39, 0.29) is 0 Å². The van der Waals surface area contributed by atoms with Gasteiger partial charge in [0.1, 0.15) is 24.4 Å². The third-order valence-electron chi connectivity index (χ3n) is 2.09. The Hall–Kier alpha value is -0.240. The molecule has 1 aliphatic rings. The van der Waals surface area contributed by atoms with Gasteiger partial charge in [-0.2, -0.15) is 0 Å². The molecule has 6 heteroatoms. The summed E-state index contributed by atoms with van der Waals surface area (Å²) in [5.74, 6) is 0. The lowest BCUT2D eigenvalue weighted by Gasteiger charge is -2.19. The molecule has 1 saturated heterocycles. The van der Waals surface area contributed by atoms with Crippen molar-refractivity contribution in [1.82, 2.24) is 0 Å². The van der Waals surface area contributed by atoms with Crippen molar-refractivity contribution in [2.75, 3.05) is 13.7 Å². The van der Waals surface area contributed by atoms with Gasteiger partial charge in [0.15, 0.2) is 6.29 Å². The van der Waals surface area contributed by atoms with E-state index in [0.29, 0.717) is 0 Å². The van der Waals surface area contributed by atoms with Crippen molar-refractivity contribution in [1.29, 1.82) is 0 Å². The highest BCUT2D eigenvalue weighted by Crippen LogP contribution is 2.23. The second-order valence-corrected chi connectivity index (χ2v) is 2.93. The van der Waals surface area contributed by atoms with Gasteiger partial charge in [-0.05, 0) is 0 Å². The summed E-state index contributed by atoms with van der Waals surface area (Å²) in [4.78, 5) is 0. The number of ether oxygens (including phenoxy) is 2. The van der Waals surface area contributed by atoms with E-state index < -0.39 is 37.3 Å². The largest absolute Gasteiger partial charge is 0.394 e. The maximum Gasteiger partial charge on any atom is 0.184 e. The van der Waals surface area contributed by atoms with Crippen LogP contribution < -0.4 is 0 Å². The molecule has 78 valence electrons. The van der Waals surface area contributed by atoms with E-state index in [1.165, 1.54) is 7.11 Å². The molecule has 5 atom stereocenters. The molecule has 0 spiro atoms. The molecule has 1 aliphatic heterocycles. The zero-order chi connectivity index (χ0) is 10.0. The minimum Gasteiger partial charge on any atom is -0.394 e. The molecule has 0 aromatic heterocycles. The summed E-state index contributed by atoms with van der Waals surface area (Å²) in [6.07, 6.45) is -5.52. The molecule has 1 heterocycles. The standard InChI is InChI=1S/C7H14O6/c1-12-6-4(10)5(3(9)2-8)13-7(6)11/h3-11H,2H2,1H3/t3-,4+,5+,6-,7?/m1/s1. The van der Waals surface area contributed by atoms with Crippen LogP contribution in [0.4, 0.5) is 0 Å². The van der Waals surface area contributed by atoms with Crippen LogP contribution in [0.25, 0.3) is 0 Å². The Morgan fingerprint density at radius 2 is 2.08 bits per heavy atom.